The van der Waals surface area contributed by atoms with Gasteiger partial charge in [-0.2, -0.15) is 5.10 Å². The number of methoxy groups -OCH3 is 1. The number of hydrogen-bond acceptors (Lipinski definition) is 5. The Morgan fingerprint density at radius 2 is 1.74 bits per heavy atom. The number of halogens is 5. The molecule has 0 radical (unpaired) electrons. The first kappa shape index (κ1) is 31.3. The Balaban J connectivity index is 1.67. The molecule has 206 valence electrons. The zero-order valence-corrected chi connectivity index (χ0v) is 26.2. The van der Waals surface area contributed by atoms with Crippen LogP contribution in [0.25, 0.3) is 0 Å². The number of rotatable bonds is 10. The quantitative estimate of drug-likeness (QED) is 0.130. The van der Waals surface area contributed by atoms with Crippen molar-refractivity contribution in [2.45, 2.75) is 26.5 Å². The number of carbonyl (C=O) groups is 2. The molecule has 0 aliphatic rings. The number of carbonyl (C=O) groups excluding carboxylic acids is 2. The van der Waals surface area contributed by atoms with Crippen LogP contribution in [0.2, 0.25) is 20.1 Å². The van der Waals surface area contributed by atoms with Crippen LogP contribution in [0.1, 0.15) is 35.3 Å². The molecule has 0 aliphatic heterocycles. The number of nitrogens with one attached hydrogen (secondary N) is 2. The highest BCUT2D eigenvalue weighted by molar-refractivity contribution is 14.1. The van der Waals surface area contributed by atoms with Crippen molar-refractivity contribution < 1.29 is 19.1 Å². The lowest BCUT2D eigenvalue weighted by Gasteiger charge is -2.20. The summed E-state index contributed by atoms with van der Waals surface area (Å²) in [6.07, 6.45) is 1.47. The second-order valence-corrected chi connectivity index (χ2v) is 11.4. The monoisotopic (exact) mass is 721 g/mol. The first-order valence-corrected chi connectivity index (χ1v) is 14.1. The molecule has 0 saturated heterocycles. The Morgan fingerprint density at radius 1 is 1.00 bits per heavy atom. The minimum atomic E-state index is -0.839. The van der Waals surface area contributed by atoms with Gasteiger partial charge in [0, 0.05) is 21.2 Å². The molecule has 7 nitrogen and oxygen atoms in total. The van der Waals surface area contributed by atoms with Crippen LogP contribution in [-0.4, -0.2) is 31.2 Å². The molecular formula is C27H24Cl4IN3O4. The fraction of sp³-hybridized carbons (Fsp3) is 0.222. The van der Waals surface area contributed by atoms with Crippen LogP contribution in [0.15, 0.2) is 53.6 Å². The lowest BCUT2D eigenvalue weighted by molar-refractivity contribution is -0.123. The summed E-state index contributed by atoms with van der Waals surface area (Å²) in [4.78, 5) is 25.5. The maximum absolute atomic E-state index is 12.8. The van der Waals surface area contributed by atoms with E-state index in [0.29, 0.717) is 32.1 Å². The normalized spacial score (nSPS) is 11.9. The molecule has 2 amide bonds. The summed E-state index contributed by atoms with van der Waals surface area (Å²) in [7, 11) is 1.53. The number of ether oxygens (including phenoxy) is 2. The number of hydrogen-bond donors (Lipinski definition) is 2. The van der Waals surface area contributed by atoms with Crippen LogP contribution in [0.3, 0.4) is 0 Å². The van der Waals surface area contributed by atoms with E-state index in [4.69, 9.17) is 55.9 Å². The average molecular weight is 723 g/mol. The third-order valence-corrected chi connectivity index (χ3v) is 7.57. The molecule has 0 heterocycles. The van der Waals surface area contributed by atoms with Gasteiger partial charge >= 0.3 is 0 Å². The third kappa shape index (κ3) is 8.62. The number of benzene rings is 3. The van der Waals surface area contributed by atoms with Crippen LogP contribution in [0, 0.1) is 9.49 Å². The summed E-state index contributed by atoms with van der Waals surface area (Å²) in [6.45, 7) is 3.84. The number of hydrazone groups is 1. The van der Waals surface area contributed by atoms with E-state index in [1.54, 1.807) is 24.3 Å². The van der Waals surface area contributed by atoms with Crippen LogP contribution in [0.4, 0.5) is 0 Å². The van der Waals surface area contributed by atoms with E-state index in [0.717, 1.165) is 9.13 Å². The first-order valence-electron chi connectivity index (χ1n) is 11.5. The summed E-state index contributed by atoms with van der Waals surface area (Å²) in [5.41, 5.74) is 4.21. The molecule has 0 saturated carbocycles. The van der Waals surface area contributed by atoms with Gasteiger partial charge in [0.2, 0.25) is 0 Å². The largest absolute Gasteiger partial charge is 0.493 e. The van der Waals surface area contributed by atoms with Crippen molar-refractivity contribution >= 4 is 87.0 Å². The Kier molecular flexibility index (Phi) is 11.6. The molecule has 3 aromatic rings. The highest BCUT2D eigenvalue weighted by Crippen LogP contribution is 2.35. The third-order valence-electron chi connectivity index (χ3n) is 5.44. The Morgan fingerprint density at radius 3 is 2.38 bits per heavy atom. The molecule has 0 aliphatic carbocycles. The topological polar surface area (TPSA) is 89.0 Å². The van der Waals surface area contributed by atoms with Gasteiger partial charge in [-0.05, 0) is 76.5 Å². The van der Waals surface area contributed by atoms with Gasteiger partial charge in [0.1, 0.15) is 12.6 Å². The van der Waals surface area contributed by atoms with Crippen LogP contribution in [-0.2, 0) is 11.4 Å². The zero-order valence-electron chi connectivity index (χ0n) is 21.0. The SMILES string of the molecule is COc1cc(C=NNC(=O)C(NC(=O)c2ccc(Cl)c(Cl)c2)C(C)C)cc(I)c1OCc1ccc(Cl)cc1Cl. The standard InChI is InChI=1S/C27H24Cl4IN3O4/c1-14(2)24(34-26(36)16-5-7-19(29)21(31)10-16)27(37)35-33-12-15-8-22(32)25(23(9-15)38-3)39-13-17-4-6-18(28)11-20(17)30/h4-12,14,24H,13H2,1-3H3,(H,34,36)(H,35,37). The molecule has 0 aromatic heterocycles. The van der Waals surface area contributed by atoms with Crippen molar-refractivity contribution in [1.82, 2.24) is 10.7 Å². The second-order valence-electron chi connectivity index (χ2n) is 8.62. The first-order chi connectivity index (χ1) is 18.5. The predicted octanol–water partition coefficient (Wildman–Crippen LogP) is 7.40. The molecule has 1 unspecified atom stereocenters. The van der Waals surface area contributed by atoms with Gasteiger partial charge in [0.15, 0.2) is 11.5 Å². The predicted molar refractivity (Wildman–Crippen MR) is 165 cm³/mol. The smallest absolute Gasteiger partial charge is 0.262 e. The molecular weight excluding hydrogens is 699 g/mol. The highest BCUT2D eigenvalue weighted by Gasteiger charge is 2.25. The lowest BCUT2D eigenvalue weighted by atomic mass is 10.0. The Hall–Kier alpha value is -2.24. The minimum Gasteiger partial charge on any atom is -0.493 e. The van der Waals surface area contributed by atoms with E-state index in [1.807, 2.05) is 19.9 Å². The summed E-state index contributed by atoms with van der Waals surface area (Å²) in [6, 6.07) is 12.4. The van der Waals surface area contributed by atoms with Crippen molar-refractivity contribution in [3.63, 3.8) is 0 Å². The van der Waals surface area contributed by atoms with Gasteiger partial charge in [-0.1, -0.05) is 66.3 Å². The molecule has 3 aromatic carbocycles. The Labute approximate surface area is 260 Å². The fourth-order valence-corrected chi connectivity index (χ4v) is 4.92. The molecule has 39 heavy (non-hydrogen) atoms. The summed E-state index contributed by atoms with van der Waals surface area (Å²) >= 11 is 26.3. The van der Waals surface area contributed by atoms with Gasteiger partial charge in [0.05, 0.1) is 26.9 Å². The maximum atomic E-state index is 12.8. The van der Waals surface area contributed by atoms with E-state index in [1.165, 1.54) is 31.5 Å². The molecule has 0 bridgehead atoms. The van der Waals surface area contributed by atoms with E-state index in [-0.39, 0.29) is 23.1 Å². The van der Waals surface area contributed by atoms with Gasteiger partial charge in [-0.15, -0.1) is 0 Å². The van der Waals surface area contributed by atoms with Crippen LogP contribution >= 0.6 is 69.0 Å². The zero-order chi connectivity index (χ0) is 28.7. The van der Waals surface area contributed by atoms with Gasteiger partial charge in [0.25, 0.3) is 11.8 Å². The van der Waals surface area contributed by atoms with Crippen molar-refractivity contribution in [1.29, 1.82) is 0 Å². The van der Waals surface area contributed by atoms with E-state index in [2.05, 4.69) is 38.4 Å². The molecule has 12 heteroatoms. The average Bonchev–Trinajstić information content (AvgIpc) is 2.88. The van der Waals surface area contributed by atoms with E-state index >= 15 is 0 Å². The number of amides is 2. The minimum absolute atomic E-state index is 0.210. The number of nitrogens with zero attached hydrogens (tertiary/aromatic N) is 1. The second kappa shape index (κ2) is 14.4. The Bertz CT molecular complexity index is 1400. The summed E-state index contributed by atoms with van der Waals surface area (Å²) < 4.78 is 12.2. The summed E-state index contributed by atoms with van der Waals surface area (Å²) in [5, 5.41) is 8.40. The van der Waals surface area contributed by atoms with Gasteiger partial charge in [-0.25, -0.2) is 5.43 Å². The van der Waals surface area contributed by atoms with Crippen molar-refractivity contribution in [2.24, 2.45) is 11.0 Å². The van der Waals surface area contributed by atoms with Crippen LogP contribution < -0.4 is 20.2 Å². The van der Waals surface area contributed by atoms with Gasteiger partial charge in [-0.3, -0.25) is 9.59 Å². The molecule has 0 spiro atoms. The molecule has 1 atom stereocenters. The van der Waals surface area contributed by atoms with Crippen LogP contribution in [0.5, 0.6) is 11.5 Å². The lowest BCUT2D eigenvalue weighted by Crippen LogP contribution is -2.48. The summed E-state index contributed by atoms with van der Waals surface area (Å²) in [5.74, 6) is -0.125. The van der Waals surface area contributed by atoms with E-state index < -0.39 is 17.9 Å². The van der Waals surface area contributed by atoms with Crippen molar-refractivity contribution in [3.8, 4) is 11.5 Å². The fourth-order valence-electron chi connectivity index (χ4n) is 3.38. The molecule has 3 rings (SSSR count). The molecule has 2 N–H and O–H groups in total. The van der Waals surface area contributed by atoms with Crippen molar-refractivity contribution in [2.75, 3.05) is 7.11 Å². The van der Waals surface area contributed by atoms with E-state index in [9.17, 15) is 9.59 Å². The van der Waals surface area contributed by atoms with Crippen molar-refractivity contribution in [3.05, 3.63) is 88.9 Å². The van der Waals surface area contributed by atoms with Gasteiger partial charge < -0.3 is 14.8 Å². The molecule has 0 fully saturated rings. The highest BCUT2D eigenvalue weighted by atomic mass is 127. The maximum Gasteiger partial charge on any atom is 0.262 e.